The second-order valence-corrected chi connectivity index (χ2v) is 8.21. The van der Waals surface area contributed by atoms with Crippen LogP contribution in [0.5, 0.6) is 11.5 Å². The summed E-state index contributed by atoms with van der Waals surface area (Å²) < 4.78 is 10.4. The first-order valence-electron chi connectivity index (χ1n) is 8.59. The van der Waals surface area contributed by atoms with Crippen molar-refractivity contribution in [2.24, 2.45) is 0 Å². The molecule has 2 amide bonds. The van der Waals surface area contributed by atoms with Gasteiger partial charge in [0.2, 0.25) is 0 Å². The molecule has 0 saturated carbocycles. The van der Waals surface area contributed by atoms with Crippen molar-refractivity contribution in [3.05, 3.63) is 23.8 Å². The van der Waals surface area contributed by atoms with E-state index < -0.39 is 41.1 Å². The average molecular weight is 397 g/mol. The number of phenolic OH excluding ortho intramolecular Hbond substituents is 2. The van der Waals surface area contributed by atoms with E-state index in [1.54, 1.807) is 41.5 Å². The van der Waals surface area contributed by atoms with Crippen LogP contribution in [-0.4, -0.2) is 55.6 Å². The molecule has 9 heteroatoms. The minimum absolute atomic E-state index is 0.278. The minimum Gasteiger partial charge on any atom is -0.504 e. The van der Waals surface area contributed by atoms with Crippen molar-refractivity contribution >= 4 is 18.2 Å². The van der Waals surface area contributed by atoms with E-state index in [2.05, 4.69) is 0 Å². The molecule has 0 aliphatic carbocycles. The average Bonchev–Trinajstić information content (AvgIpc) is 2.46. The number of hydrogen-bond donors (Lipinski definition) is 3. The van der Waals surface area contributed by atoms with Crippen LogP contribution in [0.2, 0.25) is 0 Å². The SMILES string of the molecule is CC(C)(C)OC(=O)N(C(=O)OC(C)(C)C)[C@@H](Cc1ccc(O)c(O)c1)C(=O)O. The summed E-state index contributed by atoms with van der Waals surface area (Å²) in [7, 11) is 0. The number of carboxylic acids is 1. The topological polar surface area (TPSA) is 134 Å². The molecule has 0 heterocycles. The Balaban J connectivity index is 3.30. The summed E-state index contributed by atoms with van der Waals surface area (Å²) in [4.78, 5) is 37.5. The Labute approximate surface area is 163 Å². The van der Waals surface area contributed by atoms with Crippen LogP contribution >= 0.6 is 0 Å². The highest BCUT2D eigenvalue weighted by atomic mass is 16.6. The number of amides is 2. The van der Waals surface area contributed by atoms with Crippen LogP contribution in [0.4, 0.5) is 9.59 Å². The van der Waals surface area contributed by atoms with Crippen molar-refractivity contribution in [1.82, 2.24) is 4.90 Å². The van der Waals surface area contributed by atoms with Gasteiger partial charge in [-0.15, -0.1) is 0 Å². The molecular formula is C19H27NO8. The molecule has 156 valence electrons. The van der Waals surface area contributed by atoms with Crippen molar-refractivity contribution in [3.63, 3.8) is 0 Å². The standard InChI is InChI=1S/C19H27NO8/c1-18(2,3)27-16(25)20(17(26)28-19(4,5)6)12(15(23)24)9-11-7-8-13(21)14(22)10-11/h7-8,10,12,21-22H,9H2,1-6H3,(H,23,24)/t12-/m0/s1. The number of rotatable bonds is 4. The van der Waals surface area contributed by atoms with E-state index >= 15 is 0 Å². The second kappa shape index (κ2) is 8.37. The van der Waals surface area contributed by atoms with Gasteiger partial charge in [0, 0.05) is 6.42 Å². The Hall–Kier alpha value is -2.97. The molecule has 0 unspecified atom stereocenters. The highest BCUT2D eigenvalue weighted by Gasteiger charge is 2.40. The Morgan fingerprint density at radius 1 is 0.929 bits per heavy atom. The smallest absolute Gasteiger partial charge is 0.420 e. The lowest BCUT2D eigenvalue weighted by atomic mass is 10.0. The molecule has 1 aromatic carbocycles. The lowest BCUT2D eigenvalue weighted by Crippen LogP contribution is -2.52. The van der Waals surface area contributed by atoms with Crippen molar-refractivity contribution in [1.29, 1.82) is 0 Å². The van der Waals surface area contributed by atoms with Crippen LogP contribution in [0.25, 0.3) is 0 Å². The molecule has 0 aliphatic heterocycles. The second-order valence-electron chi connectivity index (χ2n) is 8.21. The summed E-state index contributed by atoms with van der Waals surface area (Å²) in [6, 6.07) is 2.03. The van der Waals surface area contributed by atoms with Gasteiger partial charge in [-0.1, -0.05) is 6.07 Å². The monoisotopic (exact) mass is 397 g/mol. The summed E-state index contributed by atoms with van der Waals surface area (Å²) in [5.41, 5.74) is -1.67. The molecule has 0 bridgehead atoms. The van der Waals surface area contributed by atoms with E-state index in [1.807, 2.05) is 0 Å². The summed E-state index contributed by atoms with van der Waals surface area (Å²) in [6.07, 6.45) is -2.67. The maximum Gasteiger partial charge on any atom is 0.420 e. The van der Waals surface area contributed by atoms with Crippen LogP contribution in [0.1, 0.15) is 47.1 Å². The van der Waals surface area contributed by atoms with E-state index in [9.17, 15) is 29.7 Å². The maximum absolute atomic E-state index is 12.6. The molecule has 0 aliphatic rings. The molecular weight excluding hydrogens is 370 g/mol. The molecule has 0 aromatic heterocycles. The van der Waals surface area contributed by atoms with Gasteiger partial charge in [0.25, 0.3) is 0 Å². The normalized spacial score (nSPS) is 12.8. The van der Waals surface area contributed by atoms with E-state index in [0.717, 1.165) is 6.07 Å². The minimum atomic E-state index is -1.66. The first kappa shape index (κ1) is 23.1. The third-order valence-corrected chi connectivity index (χ3v) is 3.25. The van der Waals surface area contributed by atoms with Crippen LogP contribution < -0.4 is 0 Å². The number of ether oxygens (including phenoxy) is 2. The molecule has 3 N–H and O–H groups in total. The number of aliphatic carboxylic acids is 1. The predicted molar refractivity (Wildman–Crippen MR) is 99.2 cm³/mol. The molecule has 0 fully saturated rings. The fourth-order valence-corrected chi connectivity index (χ4v) is 2.16. The van der Waals surface area contributed by atoms with Gasteiger partial charge in [-0.2, -0.15) is 4.90 Å². The van der Waals surface area contributed by atoms with Gasteiger partial charge in [-0.05, 0) is 59.2 Å². The van der Waals surface area contributed by atoms with Gasteiger partial charge in [0.1, 0.15) is 17.2 Å². The largest absolute Gasteiger partial charge is 0.504 e. The Bertz CT molecular complexity index is 717. The molecule has 28 heavy (non-hydrogen) atoms. The zero-order valence-electron chi connectivity index (χ0n) is 16.8. The van der Waals surface area contributed by atoms with Gasteiger partial charge in [-0.3, -0.25) is 0 Å². The highest BCUT2D eigenvalue weighted by molar-refractivity contribution is 5.93. The highest BCUT2D eigenvalue weighted by Crippen LogP contribution is 2.27. The summed E-state index contributed by atoms with van der Waals surface area (Å²) >= 11 is 0. The summed E-state index contributed by atoms with van der Waals surface area (Å²) in [5.74, 6) is -2.31. The molecule has 1 atom stereocenters. The van der Waals surface area contributed by atoms with Gasteiger partial charge in [0.05, 0.1) is 0 Å². The predicted octanol–water partition coefficient (Wildman–Crippen LogP) is 3.27. The fraction of sp³-hybridized carbons (Fsp3) is 0.526. The number of hydrogen-bond acceptors (Lipinski definition) is 7. The quantitative estimate of drug-likeness (QED) is 0.659. The third kappa shape index (κ3) is 6.98. The zero-order valence-corrected chi connectivity index (χ0v) is 16.8. The van der Waals surface area contributed by atoms with Gasteiger partial charge < -0.3 is 24.8 Å². The molecule has 1 rings (SSSR count). The number of benzene rings is 1. The van der Waals surface area contributed by atoms with Crippen molar-refractivity contribution in [2.75, 3.05) is 0 Å². The number of carboxylic acid groups (broad SMARTS) is 1. The van der Waals surface area contributed by atoms with Gasteiger partial charge in [-0.25, -0.2) is 14.4 Å². The molecule has 0 saturated heterocycles. The summed E-state index contributed by atoms with van der Waals surface area (Å²) in [5, 5.41) is 28.7. The number of carbonyl (C=O) groups is 3. The lowest BCUT2D eigenvalue weighted by molar-refractivity contribution is -0.143. The first-order valence-corrected chi connectivity index (χ1v) is 8.59. The summed E-state index contributed by atoms with van der Waals surface area (Å²) in [6.45, 7) is 9.45. The molecule has 0 spiro atoms. The number of nitrogens with zero attached hydrogens (tertiary/aromatic N) is 1. The molecule has 1 aromatic rings. The lowest BCUT2D eigenvalue weighted by Gasteiger charge is -2.31. The van der Waals surface area contributed by atoms with Crippen LogP contribution in [-0.2, 0) is 20.7 Å². The zero-order chi connectivity index (χ0) is 21.9. The Kier molecular flexibility index (Phi) is 6.89. The van der Waals surface area contributed by atoms with E-state index in [0.29, 0.717) is 4.90 Å². The maximum atomic E-state index is 12.6. The van der Waals surface area contributed by atoms with E-state index in [-0.39, 0.29) is 17.7 Å². The van der Waals surface area contributed by atoms with Gasteiger partial charge >= 0.3 is 18.2 Å². The van der Waals surface area contributed by atoms with Crippen molar-refractivity contribution < 1.29 is 39.2 Å². The van der Waals surface area contributed by atoms with Gasteiger partial charge in [0.15, 0.2) is 11.5 Å². The molecule has 9 nitrogen and oxygen atoms in total. The van der Waals surface area contributed by atoms with Crippen LogP contribution in [0.15, 0.2) is 18.2 Å². The number of imide groups is 1. The van der Waals surface area contributed by atoms with E-state index in [1.165, 1.54) is 12.1 Å². The fourth-order valence-electron chi connectivity index (χ4n) is 2.16. The first-order chi connectivity index (χ1) is 12.6. The number of phenols is 2. The van der Waals surface area contributed by atoms with Crippen molar-refractivity contribution in [3.8, 4) is 11.5 Å². The number of aromatic hydroxyl groups is 2. The number of carbonyl (C=O) groups excluding carboxylic acids is 2. The molecule has 0 radical (unpaired) electrons. The van der Waals surface area contributed by atoms with Crippen LogP contribution in [0.3, 0.4) is 0 Å². The third-order valence-electron chi connectivity index (χ3n) is 3.25. The van der Waals surface area contributed by atoms with Crippen molar-refractivity contribution in [2.45, 2.75) is 65.2 Å². The van der Waals surface area contributed by atoms with Crippen LogP contribution in [0, 0.1) is 0 Å². The van der Waals surface area contributed by atoms with E-state index in [4.69, 9.17) is 9.47 Å². The Morgan fingerprint density at radius 2 is 1.39 bits per heavy atom. The Morgan fingerprint density at radius 3 is 1.75 bits per heavy atom.